The van der Waals surface area contributed by atoms with Crippen molar-refractivity contribution in [2.24, 2.45) is 52.3 Å². The Morgan fingerprint density at radius 2 is 1.68 bits per heavy atom. The molecule has 178 valence electrons. The highest BCUT2D eigenvalue weighted by Gasteiger charge is 2.65. The molecule has 3 N–H and O–H groups in total. The van der Waals surface area contributed by atoms with E-state index in [4.69, 9.17) is 0 Å². The Hall–Kier alpha value is -0.380. The molecule has 4 rings (SSSR count). The number of fused-ring (bicyclic) bond motifs is 5. The molecule has 0 spiro atoms. The van der Waals surface area contributed by atoms with E-state index in [9.17, 15) is 15.3 Å². The summed E-state index contributed by atoms with van der Waals surface area (Å²) in [4.78, 5) is 0. The number of hydrogen-bond acceptors (Lipinski definition) is 3. The smallest absolute Gasteiger partial charge is 0.0603 e. The molecular formula is C28H48O3. The maximum absolute atomic E-state index is 11.7. The van der Waals surface area contributed by atoms with Crippen LogP contribution in [0, 0.1) is 52.3 Å². The van der Waals surface area contributed by atoms with E-state index in [0.717, 1.165) is 44.9 Å². The molecule has 0 heterocycles. The molecule has 0 aromatic rings. The van der Waals surface area contributed by atoms with Crippen LogP contribution < -0.4 is 0 Å². The van der Waals surface area contributed by atoms with E-state index in [1.807, 2.05) is 0 Å². The second kappa shape index (κ2) is 8.44. The van der Waals surface area contributed by atoms with Gasteiger partial charge in [-0.3, -0.25) is 0 Å². The van der Waals surface area contributed by atoms with Gasteiger partial charge in [-0.1, -0.05) is 46.8 Å². The van der Waals surface area contributed by atoms with E-state index in [1.165, 1.54) is 18.4 Å². The highest BCUT2D eigenvalue weighted by Crippen LogP contribution is 2.68. The molecule has 3 heteroatoms. The number of aliphatic hydroxyl groups excluding tert-OH is 3. The third-order valence-corrected chi connectivity index (χ3v) is 11.2. The summed E-state index contributed by atoms with van der Waals surface area (Å²) < 4.78 is 0. The molecule has 3 nitrogen and oxygen atoms in total. The first kappa shape index (κ1) is 23.8. The zero-order valence-corrected chi connectivity index (χ0v) is 20.7. The Bertz CT molecular complexity index is 673. The predicted molar refractivity (Wildman–Crippen MR) is 126 cm³/mol. The second-order valence-corrected chi connectivity index (χ2v) is 12.9. The maximum atomic E-state index is 11.7. The van der Waals surface area contributed by atoms with Crippen LogP contribution in [0.25, 0.3) is 0 Å². The molecule has 0 aliphatic heterocycles. The minimum Gasteiger partial charge on any atom is -0.393 e. The Kier molecular flexibility index (Phi) is 6.47. The van der Waals surface area contributed by atoms with Gasteiger partial charge in [0.15, 0.2) is 0 Å². The second-order valence-electron chi connectivity index (χ2n) is 12.9. The topological polar surface area (TPSA) is 60.7 Å². The summed E-state index contributed by atoms with van der Waals surface area (Å²) in [5, 5.41) is 33.2. The van der Waals surface area contributed by atoms with Crippen LogP contribution in [-0.4, -0.2) is 33.6 Å². The van der Waals surface area contributed by atoms with Gasteiger partial charge in [0.1, 0.15) is 0 Å². The molecule has 31 heavy (non-hydrogen) atoms. The van der Waals surface area contributed by atoms with Crippen molar-refractivity contribution >= 4 is 0 Å². The van der Waals surface area contributed by atoms with Crippen LogP contribution in [0.2, 0.25) is 0 Å². The van der Waals surface area contributed by atoms with Crippen LogP contribution in [0.1, 0.15) is 92.4 Å². The standard InChI is InChI=1S/C28H48O3/c1-16(2)17(3)7-8-18(4)26-24(30)14-23-21-10-9-19-13-20(29)11-12-27(19,5)22(21)15-25(31)28(23,26)6/h16,18-26,29-31H,3,7-15H2,1-2,4-6H3/t18-,19+,20-,21-,22+,23+,24-,25+,26+,27+,28-/m1/s1. The lowest BCUT2D eigenvalue weighted by atomic mass is 9.43. The maximum Gasteiger partial charge on any atom is 0.0603 e. The third kappa shape index (κ3) is 3.75. The molecule has 0 bridgehead atoms. The molecule has 0 aromatic carbocycles. The molecule has 0 amide bonds. The molecule has 0 aromatic heterocycles. The number of aliphatic hydroxyl groups is 3. The molecule has 4 fully saturated rings. The van der Waals surface area contributed by atoms with Crippen LogP contribution in [0.15, 0.2) is 12.2 Å². The summed E-state index contributed by atoms with van der Waals surface area (Å²) in [5.41, 5.74) is 1.36. The van der Waals surface area contributed by atoms with Gasteiger partial charge in [0.2, 0.25) is 0 Å². The summed E-state index contributed by atoms with van der Waals surface area (Å²) in [6.07, 6.45) is 8.42. The zero-order chi connectivity index (χ0) is 22.7. The number of allylic oxidation sites excluding steroid dienone is 1. The van der Waals surface area contributed by atoms with Crippen LogP contribution in [0.5, 0.6) is 0 Å². The van der Waals surface area contributed by atoms with E-state index in [1.54, 1.807) is 0 Å². The van der Waals surface area contributed by atoms with Crippen LogP contribution in [0.4, 0.5) is 0 Å². The average Bonchev–Trinajstić information content (AvgIpc) is 2.99. The fourth-order valence-corrected chi connectivity index (χ4v) is 9.14. The predicted octanol–water partition coefficient (Wildman–Crippen LogP) is 5.58. The lowest BCUT2D eigenvalue weighted by molar-refractivity contribution is -0.176. The summed E-state index contributed by atoms with van der Waals surface area (Å²) in [6.45, 7) is 15.7. The van der Waals surface area contributed by atoms with Gasteiger partial charge in [0, 0.05) is 5.41 Å². The fraction of sp³-hybridized carbons (Fsp3) is 0.929. The lowest BCUT2D eigenvalue weighted by Crippen LogP contribution is -2.59. The normalized spacial score (nSPS) is 50.5. The molecule has 0 unspecified atom stereocenters. The Morgan fingerprint density at radius 1 is 0.968 bits per heavy atom. The average molecular weight is 433 g/mol. The van der Waals surface area contributed by atoms with Crippen molar-refractivity contribution in [3.8, 4) is 0 Å². The minimum absolute atomic E-state index is 0.132. The van der Waals surface area contributed by atoms with Crippen molar-refractivity contribution in [1.82, 2.24) is 0 Å². The van der Waals surface area contributed by atoms with Gasteiger partial charge in [0.25, 0.3) is 0 Å². The number of rotatable bonds is 5. The van der Waals surface area contributed by atoms with Gasteiger partial charge in [-0.25, -0.2) is 0 Å². The first-order valence-corrected chi connectivity index (χ1v) is 13.2. The Balaban J connectivity index is 1.56. The van der Waals surface area contributed by atoms with Crippen molar-refractivity contribution in [2.45, 2.75) is 111 Å². The van der Waals surface area contributed by atoms with E-state index >= 15 is 0 Å². The molecule has 4 aliphatic rings. The minimum atomic E-state index is -0.334. The molecule has 11 atom stereocenters. The molecular weight excluding hydrogens is 384 g/mol. The van der Waals surface area contributed by atoms with E-state index in [2.05, 4.69) is 41.2 Å². The van der Waals surface area contributed by atoms with Crippen molar-refractivity contribution in [3.05, 3.63) is 12.2 Å². The highest BCUT2D eigenvalue weighted by atomic mass is 16.3. The van der Waals surface area contributed by atoms with Crippen LogP contribution in [-0.2, 0) is 0 Å². The molecule has 0 saturated heterocycles. The zero-order valence-electron chi connectivity index (χ0n) is 20.7. The quantitative estimate of drug-likeness (QED) is 0.497. The summed E-state index contributed by atoms with van der Waals surface area (Å²) in [6, 6.07) is 0. The van der Waals surface area contributed by atoms with Crippen LogP contribution >= 0.6 is 0 Å². The van der Waals surface area contributed by atoms with E-state index in [-0.39, 0.29) is 35.1 Å². The first-order valence-electron chi connectivity index (χ1n) is 13.2. The highest BCUT2D eigenvalue weighted by molar-refractivity contribution is 5.14. The monoisotopic (exact) mass is 432 g/mol. The summed E-state index contributed by atoms with van der Waals surface area (Å²) >= 11 is 0. The SMILES string of the molecule is C=C(CC[C@@H](C)[C@H]1[C@H](O)C[C@H]2[C@@H]3CC[C@H]4C[C@H](O)CC[C@]4(C)[C@H]3C[C@H](O)[C@]12C)C(C)C. The van der Waals surface area contributed by atoms with Gasteiger partial charge in [-0.05, 0) is 105 Å². The van der Waals surface area contributed by atoms with Gasteiger partial charge in [-0.15, -0.1) is 0 Å². The lowest BCUT2D eigenvalue weighted by Gasteiger charge is -2.62. The van der Waals surface area contributed by atoms with Crippen molar-refractivity contribution in [2.75, 3.05) is 0 Å². The molecule has 4 saturated carbocycles. The Labute approximate surface area is 190 Å². The molecule has 4 aliphatic carbocycles. The van der Waals surface area contributed by atoms with Gasteiger partial charge in [0.05, 0.1) is 18.3 Å². The van der Waals surface area contributed by atoms with Gasteiger partial charge in [-0.2, -0.15) is 0 Å². The van der Waals surface area contributed by atoms with Crippen LogP contribution in [0.3, 0.4) is 0 Å². The van der Waals surface area contributed by atoms with Crippen molar-refractivity contribution < 1.29 is 15.3 Å². The largest absolute Gasteiger partial charge is 0.393 e. The van der Waals surface area contributed by atoms with E-state index < -0.39 is 0 Å². The van der Waals surface area contributed by atoms with E-state index in [0.29, 0.717) is 35.5 Å². The van der Waals surface area contributed by atoms with Crippen molar-refractivity contribution in [3.63, 3.8) is 0 Å². The third-order valence-electron chi connectivity index (χ3n) is 11.2. The Morgan fingerprint density at radius 3 is 2.35 bits per heavy atom. The van der Waals surface area contributed by atoms with Gasteiger partial charge >= 0.3 is 0 Å². The summed E-state index contributed by atoms with van der Waals surface area (Å²) in [5.74, 6) is 3.24. The molecule has 0 radical (unpaired) electrons. The van der Waals surface area contributed by atoms with Gasteiger partial charge < -0.3 is 15.3 Å². The fourth-order valence-electron chi connectivity index (χ4n) is 9.14. The van der Waals surface area contributed by atoms with Crippen molar-refractivity contribution in [1.29, 1.82) is 0 Å². The first-order chi connectivity index (χ1) is 14.5. The number of hydrogen-bond donors (Lipinski definition) is 3. The summed E-state index contributed by atoms with van der Waals surface area (Å²) in [7, 11) is 0.